The average Bonchev–Trinajstić information content (AvgIpc) is 2.87. The lowest BCUT2D eigenvalue weighted by Gasteiger charge is -2.34. The summed E-state index contributed by atoms with van der Waals surface area (Å²) >= 11 is 0. The number of hydrogen-bond acceptors (Lipinski definition) is 6. The first-order chi connectivity index (χ1) is 18.0. The quantitative estimate of drug-likeness (QED) is 0.126. The van der Waals surface area contributed by atoms with Gasteiger partial charge in [-0.25, -0.2) is 0 Å². The summed E-state index contributed by atoms with van der Waals surface area (Å²) in [5, 5.41) is 39.9. The van der Waals surface area contributed by atoms with Crippen molar-refractivity contribution in [2.75, 3.05) is 6.61 Å². The topological polar surface area (TPSA) is 99.4 Å². The minimum absolute atomic E-state index is 0.0212. The lowest BCUT2D eigenvalue weighted by molar-refractivity contribution is -0.0393. The van der Waals surface area contributed by atoms with Gasteiger partial charge < -0.3 is 29.9 Å². The van der Waals surface area contributed by atoms with E-state index < -0.39 is 6.10 Å². The molecule has 6 nitrogen and oxygen atoms in total. The molecular formula is C31H46O6. The minimum Gasteiger partial charge on any atom is -0.508 e. The fourth-order valence-electron chi connectivity index (χ4n) is 5.13. The molecule has 206 valence electrons. The Morgan fingerprint density at radius 3 is 1.89 bits per heavy atom. The lowest BCUT2D eigenvalue weighted by Crippen LogP contribution is -2.33. The van der Waals surface area contributed by atoms with Crippen molar-refractivity contribution in [1.82, 2.24) is 0 Å². The molecule has 0 radical (unpaired) electrons. The van der Waals surface area contributed by atoms with Crippen LogP contribution in [0.15, 0.2) is 30.3 Å². The highest BCUT2D eigenvalue weighted by atomic mass is 16.5. The smallest absolute Gasteiger partial charge is 0.157 e. The Bertz CT molecular complexity index is 944. The first-order valence-corrected chi connectivity index (χ1v) is 14.3. The van der Waals surface area contributed by atoms with Crippen molar-refractivity contribution in [2.45, 2.75) is 115 Å². The fourth-order valence-corrected chi connectivity index (χ4v) is 5.13. The van der Waals surface area contributed by atoms with E-state index in [1.54, 1.807) is 6.07 Å². The summed E-state index contributed by atoms with van der Waals surface area (Å²) in [6.45, 7) is 2.85. The Balaban J connectivity index is 1.38. The fraction of sp³-hybridized carbons (Fsp3) is 0.613. The van der Waals surface area contributed by atoms with Crippen molar-refractivity contribution in [3.05, 3.63) is 41.5 Å². The highest BCUT2D eigenvalue weighted by Gasteiger charge is 2.34. The Kier molecular flexibility index (Phi) is 12.2. The van der Waals surface area contributed by atoms with Crippen LogP contribution in [0.3, 0.4) is 0 Å². The van der Waals surface area contributed by atoms with Gasteiger partial charge in [-0.2, -0.15) is 0 Å². The van der Waals surface area contributed by atoms with Gasteiger partial charge in [-0.05, 0) is 24.1 Å². The SMILES string of the molecule is CCCCCCCCCCCCCCCCO[C@H]1Cc2c(O)cc(O)cc2O[C@@H]1c1ccc(O)c(O)c1. The molecule has 2 aromatic rings. The average molecular weight is 515 g/mol. The molecule has 4 N–H and O–H groups in total. The van der Waals surface area contributed by atoms with Crippen LogP contribution in [0.5, 0.6) is 28.7 Å². The number of fused-ring (bicyclic) bond motifs is 1. The third-order valence-electron chi connectivity index (χ3n) is 7.32. The van der Waals surface area contributed by atoms with Gasteiger partial charge in [-0.3, -0.25) is 0 Å². The van der Waals surface area contributed by atoms with Gasteiger partial charge in [0.05, 0.1) is 0 Å². The second-order valence-corrected chi connectivity index (χ2v) is 10.4. The zero-order valence-electron chi connectivity index (χ0n) is 22.5. The van der Waals surface area contributed by atoms with Crippen LogP contribution in [0.4, 0.5) is 0 Å². The standard InChI is InChI=1S/C31H46O6/c1-2-3-4-5-6-7-8-9-10-11-12-13-14-15-18-36-30-22-25-27(34)20-24(32)21-29(25)37-31(30)23-16-17-26(33)28(35)19-23/h16-17,19-21,30-35H,2-15,18,22H2,1H3/t30-,31+/m0/s1. The molecule has 0 fully saturated rings. The van der Waals surface area contributed by atoms with Crippen LogP contribution in [0.1, 0.15) is 114 Å². The Morgan fingerprint density at radius 1 is 0.703 bits per heavy atom. The Labute approximate surface area is 222 Å². The predicted octanol–water partition coefficient (Wildman–Crippen LogP) is 8.05. The zero-order chi connectivity index (χ0) is 26.5. The predicted molar refractivity (Wildman–Crippen MR) is 147 cm³/mol. The molecule has 1 aliphatic heterocycles. The van der Waals surface area contributed by atoms with Crippen LogP contribution in [-0.2, 0) is 11.2 Å². The summed E-state index contributed by atoms with van der Waals surface area (Å²) in [6, 6.07) is 7.37. The molecule has 0 saturated heterocycles. The third-order valence-corrected chi connectivity index (χ3v) is 7.32. The first kappa shape index (κ1) is 29.0. The molecule has 37 heavy (non-hydrogen) atoms. The number of benzene rings is 2. The van der Waals surface area contributed by atoms with Gasteiger partial charge in [0.25, 0.3) is 0 Å². The Morgan fingerprint density at radius 2 is 1.30 bits per heavy atom. The monoisotopic (exact) mass is 514 g/mol. The van der Waals surface area contributed by atoms with Crippen LogP contribution < -0.4 is 4.74 Å². The summed E-state index contributed by atoms with van der Waals surface area (Å²) in [6.07, 6.45) is 17.7. The number of ether oxygens (including phenoxy) is 2. The largest absolute Gasteiger partial charge is 0.508 e. The highest BCUT2D eigenvalue weighted by Crippen LogP contribution is 2.43. The number of hydrogen-bond donors (Lipinski definition) is 4. The van der Waals surface area contributed by atoms with Gasteiger partial charge >= 0.3 is 0 Å². The molecule has 0 aliphatic carbocycles. The van der Waals surface area contributed by atoms with E-state index >= 15 is 0 Å². The molecule has 1 heterocycles. The van der Waals surface area contributed by atoms with Gasteiger partial charge in [0.2, 0.25) is 0 Å². The van der Waals surface area contributed by atoms with Crippen molar-refractivity contribution >= 4 is 0 Å². The molecule has 0 aromatic heterocycles. The molecule has 0 amide bonds. The minimum atomic E-state index is -0.535. The molecular weight excluding hydrogens is 468 g/mol. The maximum absolute atomic E-state index is 10.3. The molecule has 6 heteroatoms. The molecule has 0 bridgehead atoms. The van der Waals surface area contributed by atoms with Crippen LogP contribution in [0.2, 0.25) is 0 Å². The molecule has 1 aliphatic rings. The molecule has 0 saturated carbocycles. The van der Waals surface area contributed by atoms with Crippen LogP contribution in [0.25, 0.3) is 0 Å². The van der Waals surface area contributed by atoms with Crippen LogP contribution >= 0.6 is 0 Å². The van der Waals surface area contributed by atoms with E-state index in [4.69, 9.17) is 9.47 Å². The Hall–Kier alpha value is -2.60. The highest BCUT2D eigenvalue weighted by molar-refractivity contribution is 5.52. The third kappa shape index (κ3) is 9.33. The van der Waals surface area contributed by atoms with E-state index in [-0.39, 0.29) is 29.1 Å². The second kappa shape index (κ2) is 15.6. The summed E-state index contributed by atoms with van der Waals surface area (Å²) in [7, 11) is 0. The van der Waals surface area contributed by atoms with E-state index in [1.807, 2.05) is 0 Å². The number of rotatable bonds is 17. The van der Waals surface area contributed by atoms with E-state index in [0.29, 0.717) is 29.9 Å². The number of unbranched alkanes of at least 4 members (excludes halogenated alkanes) is 13. The van der Waals surface area contributed by atoms with E-state index in [0.717, 1.165) is 12.8 Å². The maximum atomic E-state index is 10.3. The summed E-state index contributed by atoms with van der Waals surface area (Å²) in [5.41, 5.74) is 1.26. The van der Waals surface area contributed by atoms with Gasteiger partial charge in [0, 0.05) is 30.7 Å². The van der Waals surface area contributed by atoms with E-state index in [1.165, 1.54) is 101 Å². The lowest BCUT2D eigenvalue weighted by atomic mass is 9.93. The summed E-state index contributed by atoms with van der Waals surface area (Å²) in [4.78, 5) is 0. The molecule has 2 atom stereocenters. The van der Waals surface area contributed by atoms with E-state index in [9.17, 15) is 20.4 Å². The van der Waals surface area contributed by atoms with Gasteiger partial charge in [-0.1, -0.05) is 96.5 Å². The van der Waals surface area contributed by atoms with Crippen molar-refractivity contribution in [3.63, 3.8) is 0 Å². The number of aromatic hydroxyl groups is 4. The van der Waals surface area contributed by atoms with Gasteiger partial charge in [0.1, 0.15) is 23.4 Å². The second-order valence-electron chi connectivity index (χ2n) is 10.4. The first-order valence-electron chi connectivity index (χ1n) is 14.3. The van der Waals surface area contributed by atoms with Crippen molar-refractivity contribution in [1.29, 1.82) is 0 Å². The molecule has 2 aromatic carbocycles. The van der Waals surface area contributed by atoms with Crippen LogP contribution in [0, 0.1) is 0 Å². The molecule has 3 rings (SSSR count). The maximum Gasteiger partial charge on any atom is 0.157 e. The molecule has 0 spiro atoms. The number of phenols is 4. The van der Waals surface area contributed by atoms with Gasteiger partial charge in [0.15, 0.2) is 17.6 Å². The van der Waals surface area contributed by atoms with Gasteiger partial charge in [-0.15, -0.1) is 0 Å². The van der Waals surface area contributed by atoms with Crippen molar-refractivity contribution in [3.8, 4) is 28.7 Å². The van der Waals surface area contributed by atoms with Crippen molar-refractivity contribution in [2.24, 2.45) is 0 Å². The van der Waals surface area contributed by atoms with E-state index in [2.05, 4.69) is 6.92 Å². The van der Waals surface area contributed by atoms with Crippen molar-refractivity contribution < 1.29 is 29.9 Å². The summed E-state index contributed by atoms with van der Waals surface area (Å²) in [5.74, 6) is -0.129. The molecule has 0 unspecified atom stereocenters. The zero-order valence-corrected chi connectivity index (χ0v) is 22.5. The normalized spacial score (nSPS) is 16.9. The van der Waals surface area contributed by atoms with Crippen LogP contribution in [-0.4, -0.2) is 33.1 Å². The summed E-state index contributed by atoms with van der Waals surface area (Å²) < 4.78 is 12.4. The number of phenolic OH excluding ortho intramolecular Hbond substituents is 4.